The standard InChI is InChI=1S/C72H140O17P2/c1-7-9-11-13-15-17-18-19-20-21-22-27-31-38-44-50-56-71(76)88-67(61-83-70(75)55-49-43-37-30-26-24-23-25-29-34-40-46-52-64(3)4)62-86-90(78,79)84-58-66(73)59-85-91(80,81)87-63-68(60-82-69(74)54-48-42-36-28-16-14-12-10-8-2)89-72(77)57-51-45-39-33-32-35-41-47-53-65(5)6/h64-68,73H,7-63H2,1-6H3,(H,78,79)(H,80,81)/t66-,67-,68-/m1/s1. The zero-order valence-corrected chi connectivity index (χ0v) is 60.9. The van der Waals surface area contributed by atoms with Gasteiger partial charge in [-0.25, -0.2) is 9.13 Å². The Balaban J connectivity index is 5.23. The second kappa shape index (κ2) is 64.1. The average molecular weight is 1340 g/mol. The fraction of sp³-hybridized carbons (Fsp3) is 0.944. The fourth-order valence-electron chi connectivity index (χ4n) is 10.9. The Morgan fingerprint density at radius 3 is 0.747 bits per heavy atom. The molecule has 5 atom stereocenters. The molecule has 0 rings (SSSR count). The highest BCUT2D eigenvalue weighted by Crippen LogP contribution is 2.45. The topological polar surface area (TPSA) is 237 Å². The Bertz CT molecular complexity index is 1770. The Kier molecular flexibility index (Phi) is 62.7. The number of phosphoric acid groups is 2. The van der Waals surface area contributed by atoms with Crippen LogP contribution in [-0.2, 0) is 65.4 Å². The lowest BCUT2D eigenvalue weighted by atomic mass is 10.0. The molecule has 540 valence electrons. The molecule has 0 heterocycles. The van der Waals surface area contributed by atoms with E-state index in [1.807, 2.05) is 0 Å². The van der Waals surface area contributed by atoms with E-state index in [0.717, 1.165) is 102 Å². The predicted octanol–water partition coefficient (Wildman–Crippen LogP) is 20.8. The fourth-order valence-corrected chi connectivity index (χ4v) is 12.5. The second-order valence-electron chi connectivity index (χ2n) is 26.9. The highest BCUT2D eigenvalue weighted by Gasteiger charge is 2.30. The molecule has 0 saturated carbocycles. The summed E-state index contributed by atoms with van der Waals surface area (Å²) < 4.78 is 68.3. The zero-order valence-electron chi connectivity index (χ0n) is 59.1. The van der Waals surface area contributed by atoms with Gasteiger partial charge in [0.25, 0.3) is 0 Å². The molecule has 0 bridgehead atoms. The summed E-state index contributed by atoms with van der Waals surface area (Å²) in [6, 6.07) is 0. The highest BCUT2D eigenvalue weighted by molar-refractivity contribution is 7.47. The van der Waals surface area contributed by atoms with E-state index < -0.39 is 97.5 Å². The number of aliphatic hydroxyl groups excluding tert-OH is 1. The highest BCUT2D eigenvalue weighted by atomic mass is 31.2. The predicted molar refractivity (Wildman–Crippen MR) is 368 cm³/mol. The van der Waals surface area contributed by atoms with Gasteiger partial charge in [-0.1, -0.05) is 318 Å². The van der Waals surface area contributed by atoms with E-state index in [2.05, 4.69) is 41.5 Å². The Morgan fingerprint density at radius 2 is 0.505 bits per heavy atom. The number of unbranched alkanes of at least 4 members (excludes halogenated alkanes) is 41. The molecule has 0 aromatic rings. The van der Waals surface area contributed by atoms with E-state index in [-0.39, 0.29) is 25.7 Å². The molecule has 0 aliphatic heterocycles. The summed E-state index contributed by atoms with van der Waals surface area (Å²) in [5.41, 5.74) is 0. The van der Waals surface area contributed by atoms with Crippen LogP contribution in [0.15, 0.2) is 0 Å². The number of rotatable bonds is 71. The van der Waals surface area contributed by atoms with Gasteiger partial charge in [0.05, 0.1) is 26.4 Å². The van der Waals surface area contributed by atoms with E-state index in [9.17, 15) is 43.2 Å². The molecule has 0 amide bonds. The normalized spacial score (nSPS) is 14.1. The third kappa shape index (κ3) is 66.5. The van der Waals surface area contributed by atoms with Crippen LogP contribution in [0.25, 0.3) is 0 Å². The molecular formula is C72H140O17P2. The second-order valence-corrected chi connectivity index (χ2v) is 29.8. The van der Waals surface area contributed by atoms with E-state index in [1.54, 1.807) is 0 Å². The number of ether oxygens (including phenoxy) is 4. The largest absolute Gasteiger partial charge is 0.472 e. The number of hydrogen-bond donors (Lipinski definition) is 3. The number of carbonyl (C=O) groups excluding carboxylic acids is 4. The first-order chi connectivity index (χ1) is 43.9. The van der Waals surface area contributed by atoms with Gasteiger partial charge < -0.3 is 33.8 Å². The van der Waals surface area contributed by atoms with Crippen molar-refractivity contribution in [3.63, 3.8) is 0 Å². The van der Waals surface area contributed by atoms with Gasteiger partial charge in [-0.05, 0) is 37.5 Å². The van der Waals surface area contributed by atoms with E-state index in [4.69, 9.17) is 37.0 Å². The maximum absolute atomic E-state index is 13.0. The molecule has 0 aromatic carbocycles. The van der Waals surface area contributed by atoms with E-state index >= 15 is 0 Å². The quantitative estimate of drug-likeness (QED) is 0.0222. The average Bonchev–Trinajstić information content (AvgIpc) is 2.89. The van der Waals surface area contributed by atoms with Crippen LogP contribution in [0.1, 0.15) is 369 Å². The van der Waals surface area contributed by atoms with Crippen molar-refractivity contribution in [2.24, 2.45) is 11.8 Å². The number of phosphoric ester groups is 2. The maximum atomic E-state index is 13.0. The summed E-state index contributed by atoms with van der Waals surface area (Å²) >= 11 is 0. The van der Waals surface area contributed by atoms with Crippen molar-refractivity contribution in [1.29, 1.82) is 0 Å². The molecule has 91 heavy (non-hydrogen) atoms. The molecule has 0 aromatic heterocycles. The Labute approximate surface area is 556 Å². The van der Waals surface area contributed by atoms with Crippen LogP contribution in [-0.4, -0.2) is 96.7 Å². The lowest BCUT2D eigenvalue weighted by Gasteiger charge is -2.21. The van der Waals surface area contributed by atoms with Gasteiger partial charge in [-0.2, -0.15) is 0 Å². The van der Waals surface area contributed by atoms with Gasteiger partial charge in [0, 0.05) is 25.7 Å². The molecule has 17 nitrogen and oxygen atoms in total. The van der Waals surface area contributed by atoms with Gasteiger partial charge in [0.15, 0.2) is 12.2 Å². The lowest BCUT2D eigenvalue weighted by molar-refractivity contribution is -0.161. The summed E-state index contributed by atoms with van der Waals surface area (Å²) in [5, 5.41) is 10.6. The smallest absolute Gasteiger partial charge is 0.462 e. The van der Waals surface area contributed by atoms with Crippen molar-refractivity contribution >= 4 is 39.5 Å². The molecule has 0 spiro atoms. The molecule has 19 heteroatoms. The van der Waals surface area contributed by atoms with Crippen molar-refractivity contribution < 1.29 is 80.2 Å². The molecule has 2 unspecified atom stereocenters. The minimum atomic E-state index is -4.95. The third-order valence-corrected chi connectivity index (χ3v) is 18.6. The summed E-state index contributed by atoms with van der Waals surface area (Å²) in [6.45, 7) is 9.52. The SMILES string of the molecule is CCCCCCCCCCCCCCCCCCC(=O)O[C@H](COC(=O)CCCCCCCCCCCCCCC(C)C)COP(=O)(O)OC[C@@H](O)COP(=O)(O)OC[C@@H](COC(=O)CCCCCCCCCCC)OC(=O)CCCCCCCCCCC(C)C. The first-order valence-corrected chi connectivity index (χ1v) is 40.5. The van der Waals surface area contributed by atoms with Crippen molar-refractivity contribution in [1.82, 2.24) is 0 Å². The summed E-state index contributed by atoms with van der Waals surface area (Å²) in [5.74, 6) is -0.622. The molecule has 0 radical (unpaired) electrons. The minimum absolute atomic E-state index is 0.105. The monoisotopic (exact) mass is 1340 g/mol. The molecule has 0 aliphatic carbocycles. The van der Waals surface area contributed by atoms with Crippen LogP contribution >= 0.6 is 15.6 Å². The van der Waals surface area contributed by atoms with Gasteiger partial charge in [-0.15, -0.1) is 0 Å². The van der Waals surface area contributed by atoms with Gasteiger partial charge >= 0.3 is 39.5 Å². The lowest BCUT2D eigenvalue weighted by Crippen LogP contribution is -2.30. The summed E-state index contributed by atoms with van der Waals surface area (Å²) in [6.07, 6.45) is 50.0. The minimum Gasteiger partial charge on any atom is -0.462 e. The molecular weight excluding hydrogens is 1200 g/mol. The third-order valence-electron chi connectivity index (χ3n) is 16.7. The van der Waals surface area contributed by atoms with Crippen LogP contribution < -0.4 is 0 Å². The molecule has 0 fully saturated rings. The molecule has 0 aliphatic rings. The number of esters is 4. The molecule has 0 saturated heterocycles. The van der Waals surface area contributed by atoms with Gasteiger partial charge in [-0.3, -0.25) is 37.3 Å². The number of carbonyl (C=O) groups is 4. The Morgan fingerprint density at radius 1 is 0.297 bits per heavy atom. The first-order valence-electron chi connectivity index (χ1n) is 37.5. The maximum Gasteiger partial charge on any atom is 0.472 e. The molecule has 3 N–H and O–H groups in total. The van der Waals surface area contributed by atoms with Crippen LogP contribution in [0.3, 0.4) is 0 Å². The summed E-state index contributed by atoms with van der Waals surface area (Å²) in [4.78, 5) is 72.6. The number of hydrogen-bond acceptors (Lipinski definition) is 15. The van der Waals surface area contributed by atoms with Crippen molar-refractivity contribution in [2.75, 3.05) is 39.6 Å². The van der Waals surface area contributed by atoms with Crippen molar-refractivity contribution in [3.05, 3.63) is 0 Å². The van der Waals surface area contributed by atoms with Crippen LogP contribution in [0.2, 0.25) is 0 Å². The van der Waals surface area contributed by atoms with Crippen LogP contribution in [0.4, 0.5) is 0 Å². The first kappa shape index (κ1) is 89.1. The number of aliphatic hydroxyl groups is 1. The van der Waals surface area contributed by atoms with Crippen molar-refractivity contribution in [3.8, 4) is 0 Å². The van der Waals surface area contributed by atoms with Crippen LogP contribution in [0.5, 0.6) is 0 Å². The Hall–Kier alpha value is -1.94. The van der Waals surface area contributed by atoms with Gasteiger partial charge in [0.2, 0.25) is 0 Å². The van der Waals surface area contributed by atoms with E-state index in [0.29, 0.717) is 25.7 Å². The van der Waals surface area contributed by atoms with Gasteiger partial charge in [0.1, 0.15) is 19.3 Å². The zero-order chi connectivity index (χ0) is 67.2. The summed E-state index contributed by atoms with van der Waals surface area (Å²) in [7, 11) is -9.90. The van der Waals surface area contributed by atoms with Crippen LogP contribution in [0, 0.1) is 11.8 Å². The van der Waals surface area contributed by atoms with Crippen molar-refractivity contribution in [2.45, 2.75) is 387 Å². The van der Waals surface area contributed by atoms with E-state index in [1.165, 1.54) is 186 Å².